The molecule has 0 aliphatic rings. The molecule has 0 amide bonds. The largest absolute Gasteiger partial charge is 0.491 e. The Kier molecular flexibility index (Phi) is 6.61. The Morgan fingerprint density at radius 3 is 2.82 bits per heavy atom. The second-order valence-corrected chi connectivity index (χ2v) is 5.02. The highest BCUT2D eigenvalue weighted by molar-refractivity contribution is 5.34. The maximum atomic E-state index is 9.98. The predicted molar refractivity (Wildman–Crippen MR) is 87.8 cm³/mol. The van der Waals surface area contributed by atoms with Crippen molar-refractivity contribution in [2.45, 2.75) is 19.1 Å². The molecular weight excluding hydrogens is 276 g/mol. The first-order chi connectivity index (χ1) is 10.8. The first kappa shape index (κ1) is 16.2. The standard InChI is InChI=1S/C18H22N2O2/c1-2-7-15-8-3-4-10-18(15)22-14-17(21)13-19-12-16-9-5-6-11-20-16/h2-6,8-11,17,19,21H,1,7,12-14H2. The van der Waals surface area contributed by atoms with Gasteiger partial charge in [0.15, 0.2) is 0 Å². The summed E-state index contributed by atoms with van der Waals surface area (Å²) in [4.78, 5) is 4.22. The maximum absolute atomic E-state index is 9.98. The van der Waals surface area contributed by atoms with E-state index >= 15 is 0 Å². The molecule has 1 atom stereocenters. The second kappa shape index (κ2) is 8.97. The van der Waals surface area contributed by atoms with E-state index in [-0.39, 0.29) is 6.61 Å². The van der Waals surface area contributed by atoms with Crippen molar-refractivity contribution in [1.82, 2.24) is 10.3 Å². The van der Waals surface area contributed by atoms with Gasteiger partial charge in [0.2, 0.25) is 0 Å². The molecule has 22 heavy (non-hydrogen) atoms. The molecule has 0 saturated heterocycles. The predicted octanol–water partition coefficient (Wildman–Crippen LogP) is 2.34. The lowest BCUT2D eigenvalue weighted by molar-refractivity contribution is 0.105. The Balaban J connectivity index is 1.73. The summed E-state index contributed by atoms with van der Waals surface area (Å²) < 4.78 is 5.70. The summed E-state index contributed by atoms with van der Waals surface area (Å²) >= 11 is 0. The van der Waals surface area contributed by atoms with Crippen LogP contribution >= 0.6 is 0 Å². The smallest absolute Gasteiger partial charge is 0.122 e. The van der Waals surface area contributed by atoms with Crippen LogP contribution in [-0.2, 0) is 13.0 Å². The lowest BCUT2D eigenvalue weighted by atomic mass is 10.1. The van der Waals surface area contributed by atoms with Crippen LogP contribution in [0, 0.1) is 0 Å². The van der Waals surface area contributed by atoms with Gasteiger partial charge in [-0.3, -0.25) is 4.98 Å². The maximum Gasteiger partial charge on any atom is 0.122 e. The number of allylic oxidation sites excluding steroid dienone is 1. The van der Waals surface area contributed by atoms with Crippen molar-refractivity contribution < 1.29 is 9.84 Å². The molecule has 1 aromatic carbocycles. The van der Waals surface area contributed by atoms with Crippen LogP contribution in [0.4, 0.5) is 0 Å². The van der Waals surface area contributed by atoms with Crippen molar-refractivity contribution in [2.24, 2.45) is 0 Å². The summed E-state index contributed by atoms with van der Waals surface area (Å²) in [6.45, 7) is 5.08. The monoisotopic (exact) mass is 298 g/mol. The lowest BCUT2D eigenvalue weighted by Crippen LogP contribution is -2.31. The molecule has 4 heteroatoms. The molecule has 116 valence electrons. The summed E-state index contributed by atoms with van der Waals surface area (Å²) in [6.07, 6.45) is 3.78. The Bertz CT molecular complexity index is 572. The normalized spacial score (nSPS) is 11.9. The molecule has 2 N–H and O–H groups in total. The zero-order chi connectivity index (χ0) is 15.6. The summed E-state index contributed by atoms with van der Waals surface area (Å²) in [5.41, 5.74) is 2.03. The van der Waals surface area contributed by atoms with Crippen LogP contribution in [0.5, 0.6) is 5.75 Å². The van der Waals surface area contributed by atoms with Crippen molar-refractivity contribution in [1.29, 1.82) is 0 Å². The number of rotatable bonds is 9. The quantitative estimate of drug-likeness (QED) is 0.698. The molecule has 0 fully saturated rings. The molecule has 2 rings (SSSR count). The summed E-state index contributed by atoms with van der Waals surface area (Å²) in [6, 6.07) is 13.6. The third-order valence-electron chi connectivity index (χ3n) is 3.18. The summed E-state index contributed by atoms with van der Waals surface area (Å²) in [7, 11) is 0. The molecule has 0 aliphatic heterocycles. The molecule has 2 aromatic rings. The van der Waals surface area contributed by atoms with Gasteiger partial charge in [-0.1, -0.05) is 30.3 Å². The highest BCUT2D eigenvalue weighted by atomic mass is 16.5. The average Bonchev–Trinajstić information content (AvgIpc) is 2.55. The highest BCUT2D eigenvalue weighted by Gasteiger charge is 2.07. The topological polar surface area (TPSA) is 54.4 Å². The van der Waals surface area contributed by atoms with Crippen LogP contribution < -0.4 is 10.1 Å². The Morgan fingerprint density at radius 2 is 2.05 bits per heavy atom. The molecule has 1 unspecified atom stereocenters. The number of aromatic nitrogens is 1. The minimum absolute atomic E-state index is 0.253. The van der Waals surface area contributed by atoms with Crippen LogP contribution in [0.1, 0.15) is 11.3 Å². The molecular formula is C18H22N2O2. The SMILES string of the molecule is C=CCc1ccccc1OCC(O)CNCc1ccccn1. The third-order valence-corrected chi connectivity index (χ3v) is 3.18. The van der Waals surface area contributed by atoms with Crippen molar-refractivity contribution in [3.05, 3.63) is 72.6 Å². The molecule has 1 aromatic heterocycles. The molecule has 0 saturated carbocycles. The van der Waals surface area contributed by atoms with E-state index in [2.05, 4.69) is 16.9 Å². The minimum Gasteiger partial charge on any atom is -0.491 e. The van der Waals surface area contributed by atoms with Crippen LogP contribution in [-0.4, -0.2) is 29.3 Å². The van der Waals surface area contributed by atoms with Gasteiger partial charge in [-0.2, -0.15) is 0 Å². The van der Waals surface area contributed by atoms with Crippen LogP contribution in [0.3, 0.4) is 0 Å². The number of aliphatic hydroxyl groups excluding tert-OH is 1. The number of aliphatic hydroxyl groups is 1. The molecule has 0 aliphatic carbocycles. The molecule has 0 bridgehead atoms. The molecule has 4 nitrogen and oxygen atoms in total. The molecule has 0 spiro atoms. The Labute approximate surface area is 131 Å². The van der Waals surface area contributed by atoms with Crippen molar-refractivity contribution in [3.63, 3.8) is 0 Å². The fourth-order valence-corrected chi connectivity index (χ4v) is 2.08. The van der Waals surface area contributed by atoms with Gasteiger partial charge < -0.3 is 15.2 Å². The first-order valence-electron chi connectivity index (χ1n) is 7.40. The highest BCUT2D eigenvalue weighted by Crippen LogP contribution is 2.18. The van der Waals surface area contributed by atoms with Crippen LogP contribution in [0.25, 0.3) is 0 Å². The van der Waals surface area contributed by atoms with Gasteiger partial charge in [-0.15, -0.1) is 6.58 Å². The van der Waals surface area contributed by atoms with Gasteiger partial charge in [0.1, 0.15) is 18.5 Å². The number of ether oxygens (including phenoxy) is 1. The van der Waals surface area contributed by atoms with E-state index in [1.807, 2.05) is 48.5 Å². The number of hydrogen-bond donors (Lipinski definition) is 2. The number of para-hydroxylation sites is 1. The Morgan fingerprint density at radius 1 is 1.23 bits per heavy atom. The van der Waals surface area contributed by atoms with Crippen molar-refractivity contribution in [2.75, 3.05) is 13.2 Å². The minimum atomic E-state index is -0.569. The van der Waals surface area contributed by atoms with E-state index in [0.717, 1.165) is 23.4 Å². The summed E-state index contributed by atoms with van der Waals surface area (Å²) in [5.74, 6) is 0.797. The summed E-state index contributed by atoms with van der Waals surface area (Å²) in [5, 5.41) is 13.2. The van der Waals surface area contributed by atoms with Gasteiger partial charge in [-0.25, -0.2) is 0 Å². The van der Waals surface area contributed by atoms with Crippen molar-refractivity contribution >= 4 is 0 Å². The van der Waals surface area contributed by atoms with Gasteiger partial charge in [0, 0.05) is 19.3 Å². The Hall–Kier alpha value is -2.17. The second-order valence-electron chi connectivity index (χ2n) is 5.02. The van der Waals surface area contributed by atoms with E-state index in [0.29, 0.717) is 13.1 Å². The van der Waals surface area contributed by atoms with E-state index < -0.39 is 6.10 Å². The van der Waals surface area contributed by atoms with E-state index in [1.165, 1.54) is 0 Å². The molecule has 0 radical (unpaired) electrons. The van der Waals surface area contributed by atoms with Gasteiger partial charge in [-0.05, 0) is 30.2 Å². The fourth-order valence-electron chi connectivity index (χ4n) is 2.08. The number of hydrogen-bond acceptors (Lipinski definition) is 4. The first-order valence-corrected chi connectivity index (χ1v) is 7.40. The number of nitrogens with one attached hydrogen (secondary N) is 1. The number of pyridine rings is 1. The molecule has 1 heterocycles. The van der Waals surface area contributed by atoms with Crippen LogP contribution in [0.15, 0.2) is 61.3 Å². The zero-order valence-corrected chi connectivity index (χ0v) is 12.6. The van der Waals surface area contributed by atoms with Gasteiger partial charge >= 0.3 is 0 Å². The van der Waals surface area contributed by atoms with Crippen molar-refractivity contribution in [3.8, 4) is 5.75 Å². The van der Waals surface area contributed by atoms with Crippen LogP contribution in [0.2, 0.25) is 0 Å². The number of nitrogens with zero attached hydrogens (tertiary/aromatic N) is 1. The van der Waals surface area contributed by atoms with E-state index in [1.54, 1.807) is 6.20 Å². The number of benzene rings is 1. The zero-order valence-electron chi connectivity index (χ0n) is 12.6. The van der Waals surface area contributed by atoms with E-state index in [4.69, 9.17) is 4.74 Å². The van der Waals surface area contributed by atoms with E-state index in [9.17, 15) is 5.11 Å². The third kappa shape index (κ3) is 5.31. The fraction of sp³-hybridized carbons (Fsp3) is 0.278. The lowest BCUT2D eigenvalue weighted by Gasteiger charge is -2.15. The van der Waals surface area contributed by atoms with Gasteiger partial charge in [0.25, 0.3) is 0 Å². The van der Waals surface area contributed by atoms with Gasteiger partial charge in [0.05, 0.1) is 5.69 Å². The average molecular weight is 298 g/mol.